The van der Waals surface area contributed by atoms with Crippen molar-refractivity contribution >= 4 is 17.6 Å². The van der Waals surface area contributed by atoms with Gasteiger partial charge in [-0.15, -0.1) is 0 Å². The lowest BCUT2D eigenvalue weighted by Crippen LogP contribution is -2.29. The predicted octanol–water partition coefficient (Wildman–Crippen LogP) is 3.03. The Morgan fingerprint density at radius 2 is 2.19 bits per heavy atom. The minimum absolute atomic E-state index is 0.196. The first-order valence-corrected chi connectivity index (χ1v) is 7.08. The zero-order valence-electron chi connectivity index (χ0n) is 11.3. The topological polar surface area (TPSA) is 48.4 Å². The summed E-state index contributed by atoms with van der Waals surface area (Å²) in [6.45, 7) is 0.551. The lowest BCUT2D eigenvalue weighted by molar-refractivity contribution is -0.151. The molecule has 5 heteroatoms. The molecular weight excluding hydrogens is 290 g/mol. The quantitative estimate of drug-likeness (QED) is 0.646. The van der Waals surface area contributed by atoms with E-state index in [1.54, 1.807) is 18.3 Å². The molecule has 108 valence electrons. The van der Waals surface area contributed by atoms with E-state index in [0.29, 0.717) is 18.2 Å². The number of fused-ring (bicyclic) bond motifs is 1. The van der Waals surface area contributed by atoms with E-state index in [9.17, 15) is 4.79 Å². The summed E-state index contributed by atoms with van der Waals surface area (Å²) in [5.41, 5.74) is 1.85. The van der Waals surface area contributed by atoms with Crippen molar-refractivity contribution in [1.82, 2.24) is 4.98 Å². The van der Waals surface area contributed by atoms with E-state index in [1.807, 2.05) is 24.3 Å². The molecule has 0 spiro atoms. The summed E-state index contributed by atoms with van der Waals surface area (Å²) in [6.07, 6.45) is 2.25. The number of pyridine rings is 1. The summed E-state index contributed by atoms with van der Waals surface area (Å²) < 4.78 is 10.9. The van der Waals surface area contributed by atoms with E-state index in [4.69, 9.17) is 21.1 Å². The van der Waals surface area contributed by atoms with Gasteiger partial charge in [0.2, 0.25) is 0 Å². The summed E-state index contributed by atoms with van der Waals surface area (Å²) in [5, 5.41) is 0.419. The predicted molar refractivity (Wildman–Crippen MR) is 78.2 cm³/mol. The molecule has 1 unspecified atom stereocenters. The Bertz CT molecular complexity index is 642. The first-order valence-electron chi connectivity index (χ1n) is 6.70. The summed E-state index contributed by atoms with van der Waals surface area (Å²) in [4.78, 5) is 16.0. The number of hydrogen-bond donors (Lipinski definition) is 0. The van der Waals surface area contributed by atoms with E-state index in [1.165, 1.54) is 0 Å². The molecule has 2 aromatic rings. The van der Waals surface area contributed by atoms with E-state index >= 15 is 0 Å². The monoisotopic (exact) mass is 303 g/mol. The van der Waals surface area contributed by atoms with Crippen LogP contribution in [0.25, 0.3) is 0 Å². The van der Waals surface area contributed by atoms with Gasteiger partial charge in [-0.05, 0) is 24.1 Å². The highest BCUT2D eigenvalue weighted by Crippen LogP contribution is 2.27. The van der Waals surface area contributed by atoms with Crippen LogP contribution in [0.4, 0.5) is 0 Å². The fourth-order valence-corrected chi connectivity index (χ4v) is 2.36. The number of halogens is 1. The number of rotatable bonds is 3. The van der Waals surface area contributed by atoms with Crippen LogP contribution in [0.3, 0.4) is 0 Å². The minimum atomic E-state index is -0.264. The second-order valence-electron chi connectivity index (χ2n) is 4.92. The molecule has 3 rings (SSSR count). The molecule has 4 nitrogen and oxygen atoms in total. The molecule has 0 saturated heterocycles. The average molecular weight is 304 g/mol. The number of aromatic nitrogens is 1. The first-order chi connectivity index (χ1) is 10.2. The molecular formula is C16H14ClNO3. The molecule has 21 heavy (non-hydrogen) atoms. The molecule has 1 aromatic heterocycles. The number of ether oxygens (including phenoxy) is 2. The number of carbonyl (C=O) groups is 1. The molecule has 0 amide bonds. The first kappa shape index (κ1) is 13.9. The van der Waals surface area contributed by atoms with Crippen LogP contribution < -0.4 is 4.74 Å². The Labute approximate surface area is 127 Å². The van der Waals surface area contributed by atoms with E-state index in [0.717, 1.165) is 16.9 Å². The highest BCUT2D eigenvalue weighted by atomic mass is 35.5. The zero-order chi connectivity index (χ0) is 14.7. The van der Waals surface area contributed by atoms with Gasteiger partial charge in [0.15, 0.2) is 0 Å². The van der Waals surface area contributed by atoms with Crippen molar-refractivity contribution in [2.24, 2.45) is 5.92 Å². The van der Waals surface area contributed by atoms with Gasteiger partial charge in [0, 0.05) is 11.8 Å². The Kier molecular flexibility index (Phi) is 4.06. The van der Waals surface area contributed by atoms with Crippen molar-refractivity contribution in [1.29, 1.82) is 0 Å². The second-order valence-corrected chi connectivity index (χ2v) is 5.30. The lowest BCUT2D eigenvalue weighted by Gasteiger charge is -2.23. The third kappa shape index (κ3) is 3.34. The molecule has 1 aromatic carbocycles. The fraction of sp³-hybridized carbons (Fsp3) is 0.250. The van der Waals surface area contributed by atoms with Crippen LogP contribution in [0.1, 0.15) is 11.1 Å². The Morgan fingerprint density at radius 1 is 1.33 bits per heavy atom. The van der Waals surface area contributed by atoms with Crippen LogP contribution in [0, 0.1) is 5.92 Å². The van der Waals surface area contributed by atoms with Crippen LogP contribution in [0.5, 0.6) is 5.75 Å². The van der Waals surface area contributed by atoms with E-state index < -0.39 is 0 Å². The maximum absolute atomic E-state index is 12.1. The molecule has 0 N–H and O–H groups in total. The summed E-state index contributed by atoms with van der Waals surface area (Å²) in [6, 6.07) is 11.2. The summed E-state index contributed by atoms with van der Waals surface area (Å²) in [7, 11) is 0. The molecule has 1 aliphatic heterocycles. The van der Waals surface area contributed by atoms with Crippen molar-refractivity contribution in [2.45, 2.75) is 13.0 Å². The molecule has 0 bridgehead atoms. The number of carbonyl (C=O) groups excluding carboxylic acids is 1. The average Bonchev–Trinajstić information content (AvgIpc) is 2.53. The number of benzene rings is 1. The molecule has 2 heterocycles. The SMILES string of the molecule is O=C(OCc1ccc(Cl)nc1)C1COc2ccccc2C1. The van der Waals surface area contributed by atoms with Crippen LogP contribution in [-0.2, 0) is 22.6 Å². The Hall–Kier alpha value is -2.07. The third-order valence-electron chi connectivity index (χ3n) is 3.38. The summed E-state index contributed by atoms with van der Waals surface area (Å²) in [5.74, 6) is 0.336. The van der Waals surface area contributed by atoms with Crippen LogP contribution in [0.15, 0.2) is 42.6 Å². The van der Waals surface area contributed by atoms with Gasteiger partial charge in [0.05, 0.1) is 5.92 Å². The molecule has 0 aliphatic carbocycles. The Morgan fingerprint density at radius 3 is 3.00 bits per heavy atom. The highest BCUT2D eigenvalue weighted by molar-refractivity contribution is 6.29. The van der Waals surface area contributed by atoms with Gasteiger partial charge in [0.25, 0.3) is 0 Å². The third-order valence-corrected chi connectivity index (χ3v) is 3.61. The number of nitrogens with zero attached hydrogens (tertiary/aromatic N) is 1. The number of para-hydroxylation sites is 1. The maximum atomic E-state index is 12.1. The van der Waals surface area contributed by atoms with Crippen LogP contribution in [0.2, 0.25) is 5.15 Å². The molecule has 0 saturated carbocycles. The van der Waals surface area contributed by atoms with Gasteiger partial charge < -0.3 is 9.47 Å². The van der Waals surface area contributed by atoms with Crippen molar-refractivity contribution in [3.05, 3.63) is 58.9 Å². The minimum Gasteiger partial charge on any atom is -0.492 e. The van der Waals surface area contributed by atoms with Crippen molar-refractivity contribution in [2.75, 3.05) is 6.61 Å². The molecule has 0 radical (unpaired) electrons. The highest BCUT2D eigenvalue weighted by Gasteiger charge is 2.27. The van der Waals surface area contributed by atoms with Crippen LogP contribution in [-0.4, -0.2) is 17.6 Å². The van der Waals surface area contributed by atoms with Crippen molar-refractivity contribution in [3.63, 3.8) is 0 Å². The smallest absolute Gasteiger partial charge is 0.313 e. The second kappa shape index (κ2) is 6.14. The molecule has 1 atom stereocenters. The molecule has 1 aliphatic rings. The van der Waals surface area contributed by atoms with Gasteiger partial charge >= 0.3 is 5.97 Å². The van der Waals surface area contributed by atoms with Gasteiger partial charge in [0.1, 0.15) is 24.1 Å². The zero-order valence-corrected chi connectivity index (χ0v) is 12.0. The fourth-order valence-electron chi connectivity index (χ4n) is 2.24. The number of hydrogen-bond acceptors (Lipinski definition) is 4. The van der Waals surface area contributed by atoms with Crippen molar-refractivity contribution in [3.8, 4) is 5.75 Å². The normalized spacial score (nSPS) is 16.7. The van der Waals surface area contributed by atoms with Gasteiger partial charge in [-0.2, -0.15) is 0 Å². The van der Waals surface area contributed by atoms with Gasteiger partial charge in [-0.3, -0.25) is 4.79 Å². The van der Waals surface area contributed by atoms with E-state index in [2.05, 4.69) is 4.98 Å². The van der Waals surface area contributed by atoms with E-state index in [-0.39, 0.29) is 18.5 Å². The van der Waals surface area contributed by atoms with Crippen LogP contribution >= 0.6 is 11.6 Å². The Balaban J connectivity index is 1.58. The van der Waals surface area contributed by atoms with Gasteiger partial charge in [-0.25, -0.2) is 4.98 Å². The maximum Gasteiger partial charge on any atom is 0.313 e. The van der Waals surface area contributed by atoms with Gasteiger partial charge in [-0.1, -0.05) is 35.9 Å². The van der Waals surface area contributed by atoms with Crippen molar-refractivity contribution < 1.29 is 14.3 Å². The number of esters is 1. The largest absolute Gasteiger partial charge is 0.492 e. The summed E-state index contributed by atoms with van der Waals surface area (Å²) >= 11 is 5.71. The standard InChI is InChI=1S/C16H14ClNO3/c17-15-6-5-11(8-18-15)9-21-16(19)13-7-12-3-1-2-4-14(12)20-10-13/h1-6,8,13H,7,9-10H2. The molecule has 0 fully saturated rings. The lowest BCUT2D eigenvalue weighted by atomic mass is 9.97.